The zero-order chi connectivity index (χ0) is 28.0. The summed E-state index contributed by atoms with van der Waals surface area (Å²) < 4.78 is 0. The third-order valence-corrected chi connectivity index (χ3v) is 7.71. The maximum Gasteiger partial charge on any atom is 0.166 e. The first kappa shape index (κ1) is 30.5. The van der Waals surface area contributed by atoms with E-state index >= 15 is 0 Å². The van der Waals surface area contributed by atoms with Gasteiger partial charge in [-0.25, -0.2) is 0 Å². The lowest BCUT2D eigenvalue weighted by Crippen LogP contribution is -2.32. The molecule has 204 valence electrons. The largest absolute Gasteiger partial charge is 0.512 e. The lowest BCUT2D eigenvalue weighted by molar-refractivity contribution is -0.116. The molecule has 5 heteroatoms. The molecule has 0 spiro atoms. The fraction of sp³-hybridized carbons (Fsp3) is 0.594. The van der Waals surface area contributed by atoms with Crippen LogP contribution in [0, 0.1) is 16.7 Å². The Morgan fingerprint density at radius 3 is 2.38 bits per heavy atom. The predicted octanol–water partition coefficient (Wildman–Crippen LogP) is 7.96. The van der Waals surface area contributed by atoms with Gasteiger partial charge in [0.1, 0.15) is 5.76 Å². The number of allylic oxidation sites excluding steroid dienone is 8. The Labute approximate surface area is 225 Å². The van der Waals surface area contributed by atoms with Crippen molar-refractivity contribution in [1.82, 2.24) is 0 Å². The Bertz CT molecular complexity index is 1080. The van der Waals surface area contributed by atoms with Crippen molar-refractivity contribution in [3.8, 4) is 0 Å². The summed E-state index contributed by atoms with van der Waals surface area (Å²) in [4.78, 5) is 17.1. The third kappa shape index (κ3) is 6.42. The number of nitrogens with two attached hydrogens (primary N) is 1. The first-order valence-electron chi connectivity index (χ1n) is 14.2. The monoisotopic (exact) mass is 507 g/mol. The first-order valence-corrected chi connectivity index (χ1v) is 14.2. The summed E-state index contributed by atoms with van der Waals surface area (Å²) in [6.45, 7) is 19.5. The molecule has 1 aliphatic heterocycles. The molecule has 2 atom stereocenters. The molecule has 0 bridgehead atoms. The number of carbonyl (C=O) groups is 1. The zero-order valence-corrected chi connectivity index (χ0v) is 24.6. The van der Waals surface area contributed by atoms with Crippen LogP contribution in [0.3, 0.4) is 0 Å². The summed E-state index contributed by atoms with van der Waals surface area (Å²) in [5.41, 5.74) is 6.10. The average Bonchev–Trinajstić information content (AvgIpc) is 2.96. The summed E-state index contributed by atoms with van der Waals surface area (Å²) in [6.07, 6.45) is 15.1. The Hall–Kier alpha value is -2.69. The highest BCUT2D eigenvalue weighted by Crippen LogP contribution is 2.49. The quantitative estimate of drug-likeness (QED) is 0.176. The van der Waals surface area contributed by atoms with Crippen LogP contribution < -0.4 is 5.84 Å². The summed E-state index contributed by atoms with van der Waals surface area (Å²) in [5, 5.41) is 14.5. The van der Waals surface area contributed by atoms with Gasteiger partial charge in [-0.1, -0.05) is 92.2 Å². The molecular formula is C32H49N3O2. The van der Waals surface area contributed by atoms with Gasteiger partial charge in [-0.3, -0.25) is 9.79 Å². The van der Waals surface area contributed by atoms with Crippen LogP contribution in [0.5, 0.6) is 0 Å². The van der Waals surface area contributed by atoms with E-state index in [1.54, 1.807) is 6.21 Å². The third-order valence-electron chi connectivity index (χ3n) is 7.71. The SMILES string of the molecule is CC.CC.CC1CC2=C(C=C1/C(=N/N)C1CC=C(C3=C(O)CCCC3=O)C=N1)C(C)(C)CC=CC2(C)C. The van der Waals surface area contributed by atoms with E-state index in [0.717, 1.165) is 29.7 Å². The van der Waals surface area contributed by atoms with E-state index in [0.29, 0.717) is 37.2 Å². The molecule has 4 rings (SSSR count). The van der Waals surface area contributed by atoms with Crippen molar-refractivity contribution < 1.29 is 9.90 Å². The number of ketones is 1. The molecule has 0 saturated heterocycles. The molecular weight excluding hydrogens is 458 g/mol. The number of aliphatic imine (C=N–C) groups is 1. The first-order chi connectivity index (χ1) is 17.5. The van der Waals surface area contributed by atoms with Gasteiger partial charge in [-0.2, -0.15) is 5.10 Å². The molecule has 1 heterocycles. The van der Waals surface area contributed by atoms with E-state index < -0.39 is 0 Å². The van der Waals surface area contributed by atoms with Crippen LogP contribution in [0.1, 0.15) is 101 Å². The van der Waals surface area contributed by atoms with Crippen LogP contribution >= 0.6 is 0 Å². The number of hydrogen-bond donors (Lipinski definition) is 2. The van der Waals surface area contributed by atoms with Crippen LogP contribution in [0.15, 0.2) is 68.0 Å². The summed E-state index contributed by atoms with van der Waals surface area (Å²) >= 11 is 0. The van der Waals surface area contributed by atoms with E-state index in [2.05, 4.69) is 57.9 Å². The van der Waals surface area contributed by atoms with Gasteiger partial charge in [-0.15, -0.1) is 0 Å². The number of rotatable bonds is 3. The lowest BCUT2D eigenvalue weighted by Gasteiger charge is -2.38. The van der Waals surface area contributed by atoms with Gasteiger partial charge < -0.3 is 10.9 Å². The Balaban J connectivity index is 0.00000115. The number of carbonyl (C=O) groups excluding carboxylic acids is 1. The smallest absolute Gasteiger partial charge is 0.166 e. The lowest BCUT2D eigenvalue weighted by atomic mass is 9.67. The molecule has 0 amide bonds. The van der Waals surface area contributed by atoms with E-state index in [4.69, 9.17) is 10.8 Å². The zero-order valence-electron chi connectivity index (χ0n) is 24.6. The highest BCUT2D eigenvalue weighted by Gasteiger charge is 2.38. The summed E-state index contributed by atoms with van der Waals surface area (Å²) in [7, 11) is 0. The molecule has 0 saturated carbocycles. The van der Waals surface area contributed by atoms with Crippen LogP contribution in [-0.4, -0.2) is 28.9 Å². The molecule has 5 nitrogen and oxygen atoms in total. The molecule has 4 aliphatic rings. The maximum atomic E-state index is 12.4. The number of hydrazone groups is 1. The topological polar surface area (TPSA) is 88.0 Å². The second kappa shape index (κ2) is 12.7. The van der Waals surface area contributed by atoms with Gasteiger partial charge in [0.25, 0.3) is 0 Å². The Kier molecular flexibility index (Phi) is 10.5. The number of aliphatic hydroxyl groups excluding tert-OH is 1. The van der Waals surface area contributed by atoms with E-state index in [-0.39, 0.29) is 28.4 Å². The minimum Gasteiger partial charge on any atom is -0.512 e. The van der Waals surface area contributed by atoms with Gasteiger partial charge in [0.15, 0.2) is 5.78 Å². The number of aliphatic hydroxyl groups is 1. The fourth-order valence-electron chi connectivity index (χ4n) is 5.69. The van der Waals surface area contributed by atoms with Crippen LogP contribution in [0.4, 0.5) is 0 Å². The van der Waals surface area contributed by atoms with Crippen LogP contribution in [0.2, 0.25) is 0 Å². The van der Waals surface area contributed by atoms with Crippen molar-refractivity contribution in [2.75, 3.05) is 0 Å². The number of nitrogens with zero attached hydrogens (tertiary/aromatic N) is 2. The van der Waals surface area contributed by atoms with Gasteiger partial charge in [0, 0.05) is 30.0 Å². The molecule has 0 aromatic carbocycles. The summed E-state index contributed by atoms with van der Waals surface area (Å²) in [5.74, 6) is 6.43. The number of Topliss-reactive ketones (excluding diaryl/α,β-unsaturated/α-hetero) is 1. The van der Waals surface area contributed by atoms with Crippen molar-refractivity contribution in [2.45, 2.75) is 107 Å². The van der Waals surface area contributed by atoms with Crippen molar-refractivity contribution >= 4 is 17.7 Å². The second-order valence-electron chi connectivity index (χ2n) is 11.1. The standard InChI is InChI=1S/C28H37N3O2.2C2H6/c1-17-14-20-21(28(4,5)13-7-12-27(20,2)3)15-19(17)26(31-29)22-11-10-18(16-30-22)25-23(32)8-6-9-24(25)33;2*1-2/h7,10,12,15-17,22,32H,6,8-9,11,13-14,29H2,1-5H3;2*1-2H3/b31-26-;;. The number of hydrogen-bond acceptors (Lipinski definition) is 5. The minimum absolute atomic E-state index is 0.00230. The van der Waals surface area contributed by atoms with Crippen molar-refractivity contribution in [1.29, 1.82) is 0 Å². The molecule has 0 aromatic rings. The highest BCUT2D eigenvalue weighted by atomic mass is 16.3. The van der Waals surface area contributed by atoms with Gasteiger partial charge in [0.05, 0.1) is 17.3 Å². The second-order valence-corrected chi connectivity index (χ2v) is 11.1. The van der Waals surface area contributed by atoms with Gasteiger partial charge >= 0.3 is 0 Å². The Morgan fingerprint density at radius 1 is 1.14 bits per heavy atom. The summed E-state index contributed by atoms with van der Waals surface area (Å²) in [6, 6.07) is -0.184. The van der Waals surface area contributed by atoms with E-state index in [9.17, 15) is 9.90 Å². The highest BCUT2D eigenvalue weighted by molar-refractivity contribution is 6.10. The van der Waals surface area contributed by atoms with Crippen LogP contribution in [-0.2, 0) is 4.79 Å². The number of dihydropyridines is 1. The normalized spacial score (nSPS) is 26.6. The maximum absolute atomic E-state index is 12.4. The Morgan fingerprint density at radius 2 is 1.81 bits per heavy atom. The average molecular weight is 508 g/mol. The molecule has 0 radical (unpaired) electrons. The molecule has 37 heavy (non-hydrogen) atoms. The van der Waals surface area contributed by atoms with Crippen LogP contribution in [0.25, 0.3) is 0 Å². The molecule has 3 N–H and O–H groups in total. The molecule has 3 aliphatic carbocycles. The molecule has 2 unspecified atom stereocenters. The predicted molar refractivity (Wildman–Crippen MR) is 158 cm³/mol. The van der Waals surface area contributed by atoms with Crippen molar-refractivity contribution in [3.05, 3.63) is 57.9 Å². The molecule has 0 fully saturated rings. The fourth-order valence-corrected chi connectivity index (χ4v) is 5.69. The minimum atomic E-state index is -0.184. The molecule has 0 aromatic heterocycles. The van der Waals surface area contributed by atoms with Crippen molar-refractivity contribution in [3.63, 3.8) is 0 Å². The van der Waals surface area contributed by atoms with Crippen molar-refractivity contribution in [2.24, 2.45) is 32.7 Å². The van der Waals surface area contributed by atoms with E-state index in [1.165, 1.54) is 11.1 Å². The van der Waals surface area contributed by atoms with E-state index in [1.807, 2.05) is 33.8 Å². The van der Waals surface area contributed by atoms with Gasteiger partial charge in [-0.05, 0) is 48.2 Å². The van der Waals surface area contributed by atoms with Gasteiger partial charge in [0.2, 0.25) is 0 Å².